The van der Waals surface area contributed by atoms with Crippen molar-refractivity contribution in [3.63, 3.8) is 0 Å². The molecule has 20 heavy (non-hydrogen) atoms. The zero-order chi connectivity index (χ0) is 15.1. The molecule has 1 aromatic rings. The molecular weight excluding hydrogens is 288 g/mol. The van der Waals surface area contributed by atoms with E-state index in [-0.39, 0.29) is 22.4 Å². The van der Waals surface area contributed by atoms with Gasteiger partial charge in [-0.1, -0.05) is 0 Å². The van der Waals surface area contributed by atoms with Crippen LogP contribution in [-0.4, -0.2) is 30.0 Å². The number of carboxylic acids is 1. The number of hydrogen-bond donors (Lipinski definition) is 2. The molecule has 0 aliphatic carbocycles. The number of carbonyl (C=O) groups excluding carboxylic acids is 1. The van der Waals surface area contributed by atoms with Crippen LogP contribution < -0.4 is 0 Å². The van der Waals surface area contributed by atoms with Crippen molar-refractivity contribution in [2.24, 2.45) is 10.2 Å². The number of benzene rings is 1. The lowest BCUT2D eigenvalue weighted by molar-refractivity contribution is -0.112. The molecule has 1 aliphatic rings. The molecule has 0 fully saturated rings. The van der Waals surface area contributed by atoms with E-state index in [9.17, 15) is 18.0 Å². The van der Waals surface area contributed by atoms with Gasteiger partial charge in [0.15, 0.2) is 0 Å². The summed E-state index contributed by atoms with van der Waals surface area (Å²) in [5.41, 5.74) is -0.128. The molecule has 2 N–H and O–H groups in total. The zero-order valence-electron chi connectivity index (χ0n) is 10.1. The fraction of sp³-hybridized carbons (Fsp3) is 0.0909. The van der Waals surface area contributed by atoms with Crippen molar-refractivity contribution < 1.29 is 27.7 Å². The van der Waals surface area contributed by atoms with E-state index in [1.807, 2.05) is 0 Å². The maximum absolute atomic E-state index is 11.5. The van der Waals surface area contributed by atoms with E-state index in [1.165, 1.54) is 6.92 Å². The quantitative estimate of drug-likeness (QED) is 0.809. The van der Waals surface area contributed by atoms with Gasteiger partial charge in [-0.3, -0.25) is 9.35 Å². The van der Waals surface area contributed by atoms with Crippen molar-refractivity contribution in [1.29, 1.82) is 0 Å². The lowest BCUT2D eigenvalue weighted by atomic mass is 10.0. The lowest BCUT2D eigenvalue weighted by Crippen LogP contribution is -2.06. The third kappa shape index (κ3) is 2.49. The van der Waals surface area contributed by atoms with Crippen LogP contribution in [0.4, 0.5) is 0 Å². The molecule has 2 rings (SSSR count). The number of amides is 1. The first-order chi connectivity index (χ1) is 9.20. The minimum Gasteiger partial charge on any atom is -0.478 e. The number of nitrogens with zero attached hydrogens (tertiary/aromatic N) is 2. The number of aromatic carboxylic acids is 1. The van der Waals surface area contributed by atoms with Gasteiger partial charge in [0.1, 0.15) is 0 Å². The molecule has 0 saturated heterocycles. The molecule has 9 heteroatoms. The van der Waals surface area contributed by atoms with Crippen LogP contribution in [0.5, 0.6) is 0 Å². The normalized spacial score (nSPS) is 15.0. The van der Waals surface area contributed by atoms with Gasteiger partial charge in [-0.2, -0.15) is 13.5 Å². The second kappa shape index (κ2) is 4.62. The molecule has 0 spiro atoms. The summed E-state index contributed by atoms with van der Waals surface area (Å²) in [6.45, 7) is 1.48. The van der Waals surface area contributed by atoms with Gasteiger partial charge >= 0.3 is 5.97 Å². The predicted molar refractivity (Wildman–Crippen MR) is 65.7 cm³/mol. The molecule has 1 heterocycles. The summed E-state index contributed by atoms with van der Waals surface area (Å²) in [7, 11) is -4.60. The molecule has 1 amide bonds. The first-order valence-electron chi connectivity index (χ1n) is 5.23. The van der Waals surface area contributed by atoms with Crippen LogP contribution >= 0.6 is 0 Å². The highest BCUT2D eigenvalue weighted by molar-refractivity contribution is 7.85. The van der Waals surface area contributed by atoms with Gasteiger partial charge in [0.05, 0.1) is 21.7 Å². The van der Waals surface area contributed by atoms with Crippen molar-refractivity contribution in [3.8, 4) is 0 Å². The second-order valence-corrected chi connectivity index (χ2v) is 5.41. The van der Waals surface area contributed by atoms with E-state index in [4.69, 9.17) is 9.66 Å². The molecule has 0 atom stereocenters. The van der Waals surface area contributed by atoms with Crippen LogP contribution in [-0.2, 0) is 14.9 Å². The molecule has 8 nitrogen and oxygen atoms in total. The first-order valence-corrected chi connectivity index (χ1v) is 6.67. The fourth-order valence-corrected chi connectivity index (χ4v) is 2.28. The first kappa shape index (κ1) is 14.0. The fourth-order valence-electron chi connectivity index (χ4n) is 1.72. The molecule has 1 aliphatic heterocycles. The molecule has 0 bridgehead atoms. The van der Waals surface area contributed by atoms with Crippen molar-refractivity contribution in [2.45, 2.75) is 11.8 Å². The molecule has 104 valence electrons. The van der Waals surface area contributed by atoms with E-state index in [0.29, 0.717) is 0 Å². The lowest BCUT2D eigenvalue weighted by Gasteiger charge is -2.06. The van der Waals surface area contributed by atoms with Gasteiger partial charge < -0.3 is 5.11 Å². The van der Waals surface area contributed by atoms with Gasteiger partial charge in [0, 0.05) is 0 Å². The largest absolute Gasteiger partial charge is 0.478 e. The number of rotatable bonds is 3. The molecule has 0 unspecified atom stereocenters. The van der Waals surface area contributed by atoms with Crippen molar-refractivity contribution in [3.05, 3.63) is 35.0 Å². The summed E-state index contributed by atoms with van der Waals surface area (Å²) < 4.78 is 31.3. The maximum atomic E-state index is 11.5. The summed E-state index contributed by atoms with van der Waals surface area (Å²) in [4.78, 5) is 21.9. The van der Waals surface area contributed by atoms with Crippen LogP contribution in [0.15, 0.2) is 39.0 Å². The van der Waals surface area contributed by atoms with Crippen LogP contribution in [0.1, 0.15) is 22.8 Å². The van der Waals surface area contributed by atoms with Crippen LogP contribution in [0.25, 0.3) is 5.57 Å². The molecule has 0 saturated carbocycles. The van der Waals surface area contributed by atoms with Crippen molar-refractivity contribution >= 4 is 27.6 Å². The highest BCUT2D eigenvalue weighted by atomic mass is 32.2. The van der Waals surface area contributed by atoms with Crippen molar-refractivity contribution in [1.82, 2.24) is 0 Å². The topological polar surface area (TPSA) is 133 Å². The Kier molecular flexibility index (Phi) is 3.24. The van der Waals surface area contributed by atoms with Gasteiger partial charge in [-0.25, -0.2) is 4.79 Å². The summed E-state index contributed by atoms with van der Waals surface area (Å²) in [6, 6.07) is 2.91. The SMILES string of the molecule is CC1=C(c2cc(C(=O)O)cc(S(=O)(=O)O)c2)C(=O)N=N1. The van der Waals surface area contributed by atoms with Crippen LogP contribution in [0.3, 0.4) is 0 Å². The van der Waals surface area contributed by atoms with E-state index < -0.39 is 26.9 Å². The Labute approximate surface area is 113 Å². The Morgan fingerprint density at radius 3 is 2.30 bits per heavy atom. The minimum absolute atomic E-state index is 0.00185. The maximum Gasteiger partial charge on any atom is 0.335 e. The standard InChI is InChI=1S/C11H8N2O6S/c1-5-9(10(14)13-12-5)6-2-7(11(15)16)4-8(3-6)20(17,18)19/h2-4H,1H3,(H,15,16)(H,17,18,19). The van der Waals surface area contributed by atoms with E-state index in [2.05, 4.69) is 10.2 Å². The molecule has 0 radical (unpaired) electrons. The summed E-state index contributed by atoms with van der Waals surface area (Å²) in [5.74, 6) is -2.10. The number of hydrogen-bond acceptors (Lipinski definition) is 5. The van der Waals surface area contributed by atoms with Crippen LogP contribution in [0.2, 0.25) is 0 Å². The van der Waals surface area contributed by atoms with Gasteiger partial charge in [-0.05, 0) is 30.7 Å². The van der Waals surface area contributed by atoms with E-state index in [1.54, 1.807) is 0 Å². The number of carbonyl (C=O) groups is 2. The third-order valence-corrected chi connectivity index (χ3v) is 3.44. The summed E-state index contributed by atoms with van der Waals surface area (Å²) in [5, 5.41) is 15.8. The van der Waals surface area contributed by atoms with Gasteiger partial charge in [-0.15, -0.1) is 5.11 Å². The van der Waals surface area contributed by atoms with E-state index in [0.717, 1.165) is 18.2 Å². The predicted octanol–water partition coefficient (Wildman–Crippen LogP) is 1.35. The smallest absolute Gasteiger partial charge is 0.335 e. The number of allylic oxidation sites excluding steroid dienone is 1. The summed E-state index contributed by atoms with van der Waals surface area (Å²) in [6.07, 6.45) is 0. The van der Waals surface area contributed by atoms with Gasteiger partial charge in [0.2, 0.25) is 0 Å². The summed E-state index contributed by atoms with van der Waals surface area (Å²) >= 11 is 0. The Hall–Kier alpha value is -2.39. The number of carboxylic acid groups (broad SMARTS) is 1. The average molecular weight is 296 g/mol. The zero-order valence-corrected chi connectivity index (χ0v) is 10.9. The Bertz CT molecular complexity index is 791. The Morgan fingerprint density at radius 1 is 1.20 bits per heavy atom. The van der Waals surface area contributed by atoms with Crippen molar-refractivity contribution in [2.75, 3.05) is 0 Å². The van der Waals surface area contributed by atoms with Crippen LogP contribution in [0, 0.1) is 0 Å². The van der Waals surface area contributed by atoms with E-state index >= 15 is 0 Å². The highest BCUT2D eigenvalue weighted by Crippen LogP contribution is 2.29. The molecular formula is C11H8N2O6S. The van der Waals surface area contributed by atoms with Gasteiger partial charge in [0.25, 0.3) is 16.0 Å². The Morgan fingerprint density at radius 2 is 1.85 bits per heavy atom. The Balaban J connectivity index is 2.72. The minimum atomic E-state index is -4.60. The monoisotopic (exact) mass is 296 g/mol. The highest BCUT2D eigenvalue weighted by Gasteiger charge is 2.24. The number of azo groups is 1. The second-order valence-electron chi connectivity index (χ2n) is 3.99. The molecule has 0 aromatic heterocycles. The average Bonchev–Trinajstić information content (AvgIpc) is 2.67. The molecule has 1 aromatic carbocycles. The third-order valence-electron chi connectivity index (χ3n) is 2.61.